The third-order valence-corrected chi connectivity index (χ3v) is 2.65. The summed E-state index contributed by atoms with van der Waals surface area (Å²) in [4.78, 5) is 25.7. The molecule has 0 atom stereocenters. The highest BCUT2D eigenvalue weighted by molar-refractivity contribution is 6.32. The number of hydrogen-bond donors (Lipinski definition) is 2. The predicted molar refractivity (Wildman–Crippen MR) is 67.2 cm³/mol. The lowest BCUT2D eigenvalue weighted by atomic mass is 10.2. The topological polar surface area (TPSA) is 114 Å². The predicted octanol–water partition coefficient (Wildman–Crippen LogP) is 1.93. The van der Waals surface area contributed by atoms with Crippen molar-refractivity contribution in [3.63, 3.8) is 0 Å². The molecule has 0 aliphatic heterocycles. The van der Waals surface area contributed by atoms with Crippen molar-refractivity contribution >= 4 is 29.0 Å². The Bertz CT molecular complexity index is 654. The van der Waals surface area contributed by atoms with Crippen molar-refractivity contribution in [1.82, 2.24) is 15.2 Å². The number of nitro groups is 1. The van der Waals surface area contributed by atoms with E-state index in [0.29, 0.717) is 11.4 Å². The maximum absolute atomic E-state index is 12.0. The summed E-state index contributed by atoms with van der Waals surface area (Å²) in [5.74, 6) is -0.296. The van der Waals surface area contributed by atoms with Gasteiger partial charge in [0.2, 0.25) is 5.15 Å². The summed E-state index contributed by atoms with van der Waals surface area (Å²) in [6, 6.07) is 1.23. The van der Waals surface area contributed by atoms with Gasteiger partial charge < -0.3 is 5.32 Å². The minimum Gasteiger partial charge on any atom is -0.306 e. The van der Waals surface area contributed by atoms with Gasteiger partial charge in [-0.1, -0.05) is 11.6 Å². The van der Waals surface area contributed by atoms with E-state index >= 15 is 0 Å². The molecule has 0 saturated carbocycles. The Balaban J connectivity index is 2.37. The monoisotopic (exact) mass is 281 g/mol. The van der Waals surface area contributed by atoms with Gasteiger partial charge in [-0.15, -0.1) is 0 Å². The van der Waals surface area contributed by atoms with E-state index in [1.165, 1.54) is 18.5 Å². The minimum absolute atomic E-state index is 0.168. The summed E-state index contributed by atoms with van der Waals surface area (Å²) in [5, 5.41) is 19.3. The zero-order valence-corrected chi connectivity index (χ0v) is 10.4. The standard InChI is InChI=1S/C10H8ClN5O3/c1-5-4-13-15-9(5)14-10(17)6-2-3-12-8(11)7(6)16(18)19/h2-4H,1H3,(H2,13,14,15,17). The van der Waals surface area contributed by atoms with Crippen LogP contribution < -0.4 is 5.32 Å². The number of aryl methyl sites for hydroxylation is 1. The minimum atomic E-state index is -0.746. The maximum Gasteiger partial charge on any atom is 0.319 e. The molecular formula is C10H8ClN5O3. The number of amides is 1. The number of hydrogen-bond acceptors (Lipinski definition) is 5. The summed E-state index contributed by atoms with van der Waals surface area (Å²) in [7, 11) is 0. The lowest BCUT2D eigenvalue weighted by Crippen LogP contribution is -2.15. The molecule has 0 bridgehead atoms. The van der Waals surface area contributed by atoms with Crippen LogP contribution in [0.1, 0.15) is 15.9 Å². The van der Waals surface area contributed by atoms with E-state index in [1.807, 2.05) is 0 Å². The van der Waals surface area contributed by atoms with Crippen LogP contribution in [0, 0.1) is 17.0 Å². The zero-order chi connectivity index (χ0) is 14.0. The number of aromatic nitrogens is 3. The molecule has 98 valence electrons. The van der Waals surface area contributed by atoms with Gasteiger partial charge in [0.1, 0.15) is 11.4 Å². The first kappa shape index (κ1) is 13.0. The molecule has 0 unspecified atom stereocenters. The highest BCUT2D eigenvalue weighted by Gasteiger charge is 2.25. The molecule has 0 aromatic carbocycles. The fourth-order valence-corrected chi connectivity index (χ4v) is 1.67. The first-order chi connectivity index (χ1) is 9.00. The fourth-order valence-electron chi connectivity index (χ4n) is 1.44. The van der Waals surface area contributed by atoms with Crippen molar-refractivity contribution in [2.75, 3.05) is 5.32 Å². The molecule has 2 heterocycles. The Kier molecular flexibility index (Phi) is 3.43. The number of carbonyl (C=O) groups is 1. The molecule has 0 radical (unpaired) electrons. The van der Waals surface area contributed by atoms with Crippen LogP contribution in [0.5, 0.6) is 0 Å². The van der Waals surface area contributed by atoms with E-state index in [1.54, 1.807) is 6.92 Å². The van der Waals surface area contributed by atoms with Crippen molar-refractivity contribution < 1.29 is 9.72 Å². The third-order valence-electron chi connectivity index (χ3n) is 2.37. The quantitative estimate of drug-likeness (QED) is 0.507. The second-order valence-electron chi connectivity index (χ2n) is 3.64. The van der Waals surface area contributed by atoms with Gasteiger partial charge in [0.05, 0.1) is 11.1 Å². The number of aromatic amines is 1. The summed E-state index contributed by atoms with van der Waals surface area (Å²) < 4.78 is 0. The Morgan fingerprint density at radius 2 is 2.32 bits per heavy atom. The van der Waals surface area contributed by atoms with Gasteiger partial charge in [0.15, 0.2) is 0 Å². The molecule has 2 N–H and O–H groups in total. The smallest absolute Gasteiger partial charge is 0.306 e. The van der Waals surface area contributed by atoms with Gasteiger partial charge in [-0.25, -0.2) is 4.98 Å². The van der Waals surface area contributed by atoms with Crippen LogP contribution >= 0.6 is 11.6 Å². The van der Waals surface area contributed by atoms with Crippen molar-refractivity contribution in [2.45, 2.75) is 6.92 Å². The number of halogens is 1. The molecule has 0 spiro atoms. The highest BCUT2D eigenvalue weighted by atomic mass is 35.5. The lowest BCUT2D eigenvalue weighted by Gasteiger charge is -2.05. The van der Waals surface area contributed by atoms with Crippen LogP contribution in [0.4, 0.5) is 11.5 Å². The number of pyridine rings is 1. The average Bonchev–Trinajstić information content (AvgIpc) is 2.74. The molecule has 2 aromatic rings. The van der Waals surface area contributed by atoms with E-state index in [2.05, 4.69) is 20.5 Å². The van der Waals surface area contributed by atoms with Crippen LogP contribution in [0.25, 0.3) is 0 Å². The molecule has 9 heteroatoms. The lowest BCUT2D eigenvalue weighted by molar-refractivity contribution is -0.385. The zero-order valence-electron chi connectivity index (χ0n) is 9.68. The van der Waals surface area contributed by atoms with Gasteiger partial charge in [-0.3, -0.25) is 20.0 Å². The summed E-state index contributed by atoms with van der Waals surface area (Å²) >= 11 is 5.63. The van der Waals surface area contributed by atoms with Gasteiger partial charge in [-0.2, -0.15) is 5.10 Å². The first-order valence-corrected chi connectivity index (χ1v) is 5.48. The van der Waals surface area contributed by atoms with E-state index < -0.39 is 16.5 Å². The molecule has 0 aliphatic carbocycles. The molecule has 0 saturated heterocycles. The largest absolute Gasteiger partial charge is 0.319 e. The van der Waals surface area contributed by atoms with Crippen LogP contribution in [0.15, 0.2) is 18.5 Å². The normalized spacial score (nSPS) is 10.2. The molecule has 19 heavy (non-hydrogen) atoms. The molecule has 2 rings (SSSR count). The Hall–Kier alpha value is -2.48. The second kappa shape index (κ2) is 5.02. The molecule has 2 aromatic heterocycles. The first-order valence-electron chi connectivity index (χ1n) is 5.11. The van der Waals surface area contributed by atoms with E-state index in [9.17, 15) is 14.9 Å². The SMILES string of the molecule is Cc1cn[nH]c1NC(=O)c1ccnc(Cl)c1[N+](=O)[O-]. The Morgan fingerprint density at radius 3 is 2.89 bits per heavy atom. The Morgan fingerprint density at radius 1 is 1.58 bits per heavy atom. The van der Waals surface area contributed by atoms with Gasteiger partial charge in [-0.05, 0) is 13.0 Å². The summed E-state index contributed by atoms with van der Waals surface area (Å²) in [6.45, 7) is 1.73. The fraction of sp³-hybridized carbons (Fsp3) is 0.100. The number of anilines is 1. The van der Waals surface area contributed by atoms with E-state index in [-0.39, 0.29) is 10.7 Å². The highest BCUT2D eigenvalue weighted by Crippen LogP contribution is 2.26. The number of rotatable bonds is 3. The number of carbonyl (C=O) groups excluding carboxylic acids is 1. The molecule has 0 aliphatic rings. The van der Waals surface area contributed by atoms with Gasteiger partial charge in [0, 0.05) is 11.8 Å². The van der Waals surface area contributed by atoms with Crippen LogP contribution in [-0.2, 0) is 0 Å². The molecular weight excluding hydrogens is 274 g/mol. The van der Waals surface area contributed by atoms with Crippen molar-refractivity contribution in [3.05, 3.63) is 44.9 Å². The second-order valence-corrected chi connectivity index (χ2v) is 4.00. The van der Waals surface area contributed by atoms with Gasteiger partial charge >= 0.3 is 5.69 Å². The van der Waals surface area contributed by atoms with Crippen molar-refractivity contribution in [2.24, 2.45) is 0 Å². The maximum atomic E-state index is 12.0. The van der Waals surface area contributed by atoms with Gasteiger partial charge in [0.25, 0.3) is 5.91 Å². The van der Waals surface area contributed by atoms with Crippen molar-refractivity contribution in [1.29, 1.82) is 0 Å². The van der Waals surface area contributed by atoms with Crippen LogP contribution in [-0.4, -0.2) is 26.0 Å². The number of nitrogens with one attached hydrogen (secondary N) is 2. The summed E-state index contributed by atoms with van der Waals surface area (Å²) in [6.07, 6.45) is 2.74. The van der Waals surface area contributed by atoms with Crippen molar-refractivity contribution in [3.8, 4) is 0 Å². The summed E-state index contributed by atoms with van der Waals surface area (Å²) in [5.41, 5.74) is 0.00833. The Labute approximate surface area is 112 Å². The third kappa shape index (κ3) is 2.52. The number of H-pyrrole nitrogens is 1. The average molecular weight is 282 g/mol. The van der Waals surface area contributed by atoms with Crippen LogP contribution in [0.2, 0.25) is 5.15 Å². The van der Waals surface area contributed by atoms with E-state index in [4.69, 9.17) is 11.6 Å². The van der Waals surface area contributed by atoms with Crippen LogP contribution in [0.3, 0.4) is 0 Å². The number of nitrogens with zero attached hydrogens (tertiary/aromatic N) is 3. The molecule has 0 fully saturated rings. The molecule has 8 nitrogen and oxygen atoms in total. The molecule has 1 amide bonds. The van der Waals surface area contributed by atoms with E-state index in [0.717, 1.165) is 0 Å².